The van der Waals surface area contributed by atoms with Gasteiger partial charge in [0.25, 0.3) is 0 Å². The maximum absolute atomic E-state index is 17.4. The smallest absolute Gasteiger partial charge is 0.409 e. The lowest BCUT2D eigenvalue weighted by Gasteiger charge is -2.39. The van der Waals surface area contributed by atoms with Crippen LogP contribution in [-0.4, -0.2) is 169 Å². The van der Waals surface area contributed by atoms with Crippen LogP contribution in [0.3, 0.4) is 0 Å². The molecule has 6 saturated heterocycles. The summed E-state index contributed by atoms with van der Waals surface area (Å²) in [6, 6.07) is 18.2. The lowest BCUT2D eigenvalue weighted by atomic mass is 9.91. The minimum absolute atomic E-state index is 0.0211. The van der Waals surface area contributed by atoms with E-state index in [0.717, 1.165) is 83.1 Å². The zero-order valence-corrected chi connectivity index (χ0v) is 51.1. The molecule has 0 radical (unpaired) electrons. The molecule has 3 aromatic carbocycles. The van der Waals surface area contributed by atoms with Crippen molar-refractivity contribution >= 4 is 62.6 Å². The summed E-state index contributed by atoms with van der Waals surface area (Å²) in [7, 11) is 0. The number of ether oxygens (including phenoxy) is 2. The van der Waals surface area contributed by atoms with Crippen LogP contribution in [0, 0.1) is 18.7 Å². The number of pyridine rings is 1. The van der Waals surface area contributed by atoms with Crippen LogP contribution in [0.15, 0.2) is 76.9 Å². The molecule has 6 aliphatic rings. The van der Waals surface area contributed by atoms with Gasteiger partial charge in [-0.3, -0.25) is 19.5 Å². The van der Waals surface area contributed by atoms with E-state index < -0.39 is 23.9 Å². The van der Waals surface area contributed by atoms with Crippen molar-refractivity contribution in [2.24, 2.45) is 5.92 Å². The lowest BCUT2D eigenvalue weighted by molar-refractivity contribution is -0.141. The lowest BCUT2D eigenvalue weighted by Crippen LogP contribution is -2.54. The first kappa shape index (κ1) is 58.5. The van der Waals surface area contributed by atoms with E-state index in [0.29, 0.717) is 79.6 Å². The number of halogens is 1. The normalized spacial score (nSPS) is 24.6. The van der Waals surface area contributed by atoms with Crippen LogP contribution in [0.4, 0.5) is 20.8 Å². The second-order valence-electron chi connectivity index (χ2n) is 25.3. The van der Waals surface area contributed by atoms with E-state index in [2.05, 4.69) is 42.4 Å². The molecule has 2 unspecified atom stereocenters. The number of piperazine rings is 2. The molecule has 13 rings (SSSR count). The Kier molecular flexibility index (Phi) is 16.0. The fourth-order valence-corrected chi connectivity index (χ4v) is 15.7. The van der Waals surface area contributed by atoms with Gasteiger partial charge in [-0.15, -0.1) is 11.3 Å². The van der Waals surface area contributed by atoms with Gasteiger partial charge in [-0.2, -0.15) is 9.97 Å². The van der Waals surface area contributed by atoms with Gasteiger partial charge in [0.15, 0.2) is 17.4 Å². The summed E-state index contributed by atoms with van der Waals surface area (Å²) in [5, 5.41) is 35.1. The standard InChI is InChI=1S/C65H77FN12O8S/c1-7-40-10-8-11-43-24-47(79)25-49(55(40)43)57-56(66)58-50(28-67-57)60(75-30-44-16-17-45(31-75)70-44)72-63(71-58)85-34-65-19-9-21-78(65)46(18-20-65)33-84-64(83)74-22-23-76(37(4)29-74)53-27-52(86-73-53)54(36(2)3)62(82)77-32-48(80)26-51(77)61(81)69-38(5)41-12-14-42(15-13-41)59-39(6)68-35-87-59/h8,10-15,24-25,27-28,35-38,44-46,48,51,54,70,79-80H,7,9,16-23,26,29-34H2,1-6H3,(H,69,81)/t37-,38+,44?,45?,46+,48-,51+,54+,65-/m1/s1. The van der Waals surface area contributed by atoms with Crippen LogP contribution < -0.4 is 25.2 Å². The number of aromatic nitrogens is 5. The predicted molar refractivity (Wildman–Crippen MR) is 329 cm³/mol. The largest absolute Gasteiger partial charge is 0.508 e. The number of aliphatic hydroxyl groups is 1. The number of fused-ring (bicyclic) bond motifs is 5. The summed E-state index contributed by atoms with van der Waals surface area (Å²) in [5.41, 5.74) is 6.15. The van der Waals surface area contributed by atoms with Gasteiger partial charge >= 0.3 is 12.1 Å². The number of aliphatic hydroxyl groups excluding tert-OH is 1. The number of phenols is 1. The fraction of sp³-hybridized carbons (Fsp3) is 0.508. The zero-order valence-electron chi connectivity index (χ0n) is 50.2. The van der Waals surface area contributed by atoms with Gasteiger partial charge in [0.1, 0.15) is 48.0 Å². The van der Waals surface area contributed by atoms with Gasteiger partial charge in [-0.05, 0) is 118 Å². The number of carbonyl (C=O) groups is 3. The number of hydrogen-bond donors (Lipinski definition) is 4. The Bertz CT molecular complexity index is 3720. The molecule has 9 atom stereocenters. The van der Waals surface area contributed by atoms with Crippen molar-refractivity contribution in [3.05, 3.63) is 101 Å². The van der Waals surface area contributed by atoms with E-state index in [1.165, 1.54) is 4.90 Å². The molecule has 0 aliphatic carbocycles. The number of likely N-dealkylation sites (tertiary alicyclic amines) is 1. The zero-order chi connectivity index (χ0) is 60.4. The monoisotopic (exact) mass is 1200 g/mol. The van der Waals surface area contributed by atoms with Crippen LogP contribution in [0.5, 0.6) is 11.8 Å². The first-order valence-corrected chi connectivity index (χ1v) is 31.9. The van der Waals surface area contributed by atoms with Crippen LogP contribution in [0.1, 0.15) is 114 Å². The van der Waals surface area contributed by atoms with Crippen molar-refractivity contribution in [2.45, 2.75) is 147 Å². The number of rotatable bonds is 16. The second kappa shape index (κ2) is 23.9. The first-order chi connectivity index (χ1) is 42.0. The summed E-state index contributed by atoms with van der Waals surface area (Å²) in [5.74, 6) is -0.714. The molecule has 87 heavy (non-hydrogen) atoms. The number of thiazole rings is 1. The number of β-amino-alcohol motifs (C(OH)–C–C–N with tert-alkyl or cyclic N) is 1. The van der Waals surface area contributed by atoms with E-state index in [4.69, 9.17) is 28.9 Å². The third-order valence-electron chi connectivity index (χ3n) is 19.3. The third-order valence-corrected chi connectivity index (χ3v) is 20.3. The topological polar surface area (TPSA) is 228 Å². The minimum Gasteiger partial charge on any atom is -0.508 e. The van der Waals surface area contributed by atoms with Crippen molar-refractivity contribution in [2.75, 3.05) is 68.8 Å². The molecule has 3 amide bonds. The van der Waals surface area contributed by atoms with Crippen molar-refractivity contribution in [3.8, 4) is 33.5 Å². The number of amides is 3. The van der Waals surface area contributed by atoms with Crippen LogP contribution in [0.25, 0.3) is 43.4 Å². The molecular formula is C65H77FN12O8S. The number of hydrogen-bond acceptors (Lipinski definition) is 18. The van der Waals surface area contributed by atoms with Crippen molar-refractivity contribution < 1.29 is 43.0 Å². The van der Waals surface area contributed by atoms with Gasteiger partial charge in [0.05, 0.1) is 39.2 Å². The maximum atomic E-state index is 17.4. The van der Waals surface area contributed by atoms with Gasteiger partial charge in [-0.25, -0.2) is 14.2 Å². The van der Waals surface area contributed by atoms with E-state index in [9.17, 15) is 24.6 Å². The average Bonchev–Trinajstić information content (AvgIpc) is 1.98. The highest BCUT2D eigenvalue weighted by atomic mass is 32.1. The van der Waals surface area contributed by atoms with Crippen molar-refractivity contribution in [1.29, 1.82) is 0 Å². The average molecular weight is 1210 g/mol. The molecule has 2 bridgehead atoms. The van der Waals surface area contributed by atoms with Crippen molar-refractivity contribution in [3.63, 3.8) is 0 Å². The number of carbonyl (C=O) groups excluding carboxylic acids is 3. The van der Waals surface area contributed by atoms with Crippen LogP contribution in [0.2, 0.25) is 0 Å². The van der Waals surface area contributed by atoms with Gasteiger partial charge in [0.2, 0.25) is 11.8 Å². The van der Waals surface area contributed by atoms with Crippen LogP contribution in [-0.2, 0) is 20.7 Å². The molecule has 7 aromatic rings. The summed E-state index contributed by atoms with van der Waals surface area (Å²) in [4.78, 5) is 72.3. The number of aryl methyl sites for hydroxylation is 2. The van der Waals surface area contributed by atoms with Crippen molar-refractivity contribution in [1.82, 2.24) is 50.4 Å². The Morgan fingerprint density at radius 2 is 1.77 bits per heavy atom. The van der Waals surface area contributed by atoms with E-state index >= 15 is 4.39 Å². The predicted octanol–water partition coefficient (Wildman–Crippen LogP) is 8.91. The molecular weight excluding hydrogens is 1130 g/mol. The molecule has 0 saturated carbocycles. The highest BCUT2D eigenvalue weighted by Crippen LogP contribution is 2.44. The van der Waals surface area contributed by atoms with E-state index in [-0.39, 0.29) is 96.6 Å². The SMILES string of the molecule is CCc1cccc2cc(O)cc(-c3ncc4c(N5CC6CCC(C5)N6)nc(OC[C@]56CCCN5[C@H](COC(=O)N5CCN(c7cc([C@@H](C(=O)N8C[C@H](O)C[C@H]8C(=O)N[C@@H](C)c8ccc(-c9scnc9C)cc8)C(C)C)on7)[C@H](C)C5)CC6)nc4c3F)c12. The molecule has 20 nitrogen and oxygen atoms in total. The molecule has 458 valence electrons. The fourth-order valence-electron chi connectivity index (χ4n) is 14.8. The number of benzene rings is 3. The molecule has 4 N–H and O–H groups in total. The van der Waals surface area contributed by atoms with Crippen LogP contribution >= 0.6 is 11.3 Å². The molecule has 6 aliphatic heterocycles. The number of anilines is 2. The number of nitrogens with zero attached hydrogens (tertiary/aromatic N) is 10. The Balaban J connectivity index is 0.642. The van der Waals surface area contributed by atoms with Gasteiger partial charge in [-0.1, -0.05) is 68.4 Å². The number of nitrogens with one attached hydrogen (secondary N) is 2. The molecule has 22 heteroatoms. The Morgan fingerprint density at radius 1 is 0.966 bits per heavy atom. The Labute approximate surface area is 509 Å². The summed E-state index contributed by atoms with van der Waals surface area (Å²) < 4.78 is 36.1. The molecule has 4 aromatic heterocycles. The van der Waals surface area contributed by atoms with Gasteiger partial charge in [0, 0.05) is 87.7 Å². The third kappa shape index (κ3) is 11.2. The first-order valence-electron chi connectivity index (χ1n) is 31.0. The number of phenolic OH excluding ortho intramolecular Hbond substituents is 1. The minimum atomic E-state index is -0.869. The van der Waals surface area contributed by atoms with E-state index in [1.54, 1.807) is 40.6 Å². The molecule has 10 heterocycles. The van der Waals surface area contributed by atoms with E-state index in [1.807, 2.05) is 82.6 Å². The second-order valence-corrected chi connectivity index (χ2v) is 26.2. The number of aromatic hydroxyl groups is 1. The van der Waals surface area contributed by atoms with Gasteiger partial charge < -0.3 is 54.4 Å². The summed E-state index contributed by atoms with van der Waals surface area (Å²) in [6.07, 6.45) is 6.82. The molecule has 0 spiro atoms. The summed E-state index contributed by atoms with van der Waals surface area (Å²) in [6.45, 7) is 15.8. The molecule has 6 fully saturated rings. The highest BCUT2D eigenvalue weighted by Gasteiger charge is 2.51. The highest BCUT2D eigenvalue weighted by molar-refractivity contribution is 7.13. The maximum Gasteiger partial charge on any atom is 0.409 e. The quantitative estimate of drug-likeness (QED) is 0.0708. The Hall–Kier alpha value is -7.53. The Morgan fingerprint density at radius 3 is 2.52 bits per heavy atom. The summed E-state index contributed by atoms with van der Waals surface area (Å²) >= 11 is 1.58.